The minimum Gasteiger partial charge on any atom is -0.291 e. The number of nitrogens with two attached hydrogens (primary N) is 1. The summed E-state index contributed by atoms with van der Waals surface area (Å²) in [7, 11) is 0. The van der Waals surface area contributed by atoms with Crippen molar-refractivity contribution in [1.82, 2.24) is 0 Å². The minimum atomic E-state index is -0.0745. The molecule has 0 saturated carbocycles. The van der Waals surface area contributed by atoms with Crippen molar-refractivity contribution in [3.05, 3.63) is 0 Å². The fourth-order valence-electron chi connectivity index (χ4n) is 1.70. The van der Waals surface area contributed by atoms with E-state index in [-0.39, 0.29) is 5.44 Å². The van der Waals surface area contributed by atoms with E-state index < -0.39 is 0 Å². The van der Waals surface area contributed by atoms with Crippen LogP contribution in [0, 0.1) is 0 Å². The van der Waals surface area contributed by atoms with Gasteiger partial charge in [0.25, 0.3) is 0 Å². The smallest absolute Gasteiger partial charge is 0.121 e. The van der Waals surface area contributed by atoms with Crippen molar-refractivity contribution >= 4 is 12.6 Å². The summed E-state index contributed by atoms with van der Waals surface area (Å²) in [6.07, 6.45) is 13.1. The summed E-state index contributed by atoms with van der Waals surface area (Å²) >= 11 is 4.16. The number of hydrogen-bond acceptors (Lipinski definition) is 3. The Balaban J connectivity index is 2.92. The predicted molar refractivity (Wildman–Crippen MR) is 69.9 cm³/mol. The Morgan fingerprint density at radius 1 is 0.933 bits per heavy atom. The molecule has 0 spiro atoms. The lowest BCUT2D eigenvalue weighted by Crippen LogP contribution is -2.09. The van der Waals surface area contributed by atoms with Crippen molar-refractivity contribution in [2.75, 3.05) is 0 Å². The number of hydrogen-bond donors (Lipinski definition) is 2. The van der Waals surface area contributed by atoms with E-state index in [4.69, 9.17) is 5.90 Å². The molecule has 0 aliphatic heterocycles. The molecule has 0 aromatic heterocycles. The van der Waals surface area contributed by atoms with Crippen LogP contribution in [-0.4, -0.2) is 5.44 Å². The average Bonchev–Trinajstić information content (AvgIpc) is 2.26. The lowest BCUT2D eigenvalue weighted by atomic mass is 10.1. The van der Waals surface area contributed by atoms with E-state index in [9.17, 15) is 0 Å². The summed E-state index contributed by atoms with van der Waals surface area (Å²) in [6.45, 7) is 2.26. The van der Waals surface area contributed by atoms with Gasteiger partial charge in [0, 0.05) is 0 Å². The van der Waals surface area contributed by atoms with Crippen molar-refractivity contribution in [3.63, 3.8) is 0 Å². The van der Waals surface area contributed by atoms with Gasteiger partial charge in [-0.1, -0.05) is 58.3 Å². The Bertz CT molecular complexity index is 122. The molecular formula is C12H27NOS. The van der Waals surface area contributed by atoms with Crippen LogP contribution in [0.2, 0.25) is 0 Å². The number of thiol groups is 1. The monoisotopic (exact) mass is 233 g/mol. The maximum Gasteiger partial charge on any atom is 0.121 e. The zero-order valence-electron chi connectivity index (χ0n) is 10.1. The third-order valence-corrected chi connectivity index (χ3v) is 3.09. The fraction of sp³-hybridized carbons (Fsp3) is 1.00. The Morgan fingerprint density at radius 2 is 1.40 bits per heavy atom. The zero-order chi connectivity index (χ0) is 11.4. The van der Waals surface area contributed by atoms with E-state index in [1.807, 2.05) is 0 Å². The van der Waals surface area contributed by atoms with Crippen LogP contribution >= 0.6 is 12.6 Å². The van der Waals surface area contributed by atoms with E-state index in [0.717, 1.165) is 6.42 Å². The topological polar surface area (TPSA) is 35.2 Å². The molecule has 0 fully saturated rings. The molecule has 15 heavy (non-hydrogen) atoms. The lowest BCUT2D eigenvalue weighted by Gasteiger charge is -2.06. The molecule has 0 bridgehead atoms. The third kappa shape index (κ3) is 12.2. The van der Waals surface area contributed by atoms with Crippen LogP contribution in [0.4, 0.5) is 0 Å². The summed E-state index contributed by atoms with van der Waals surface area (Å²) in [5.74, 6) is 5.00. The molecule has 0 heterocycles. The van der Waals surface area contributed by atoms with Crippen LogP contribution in [0.5, 0.6) is 0 Å². The largest absolute Gasteiger partial charge is 0.291 e. The first kappa shape index (κ1) is 15.3. The summed E-state index contributed by atoms with van der Waals surface area (Å²) in [5.41, 5.74) is -0.0745. The maximum atomic E-state index is 5.00. The van der Waals surface area contributed by atoms with Gasteiger partial charge in [-0.15, -0.1) is 12.6 Å². The highest BCUT2D eigenvalue weighted by atomic mass is 32.1. The lowest BCUT2D eigenvalue weighted by molar-refractivity contribution is 0.109. The van der Waals surface area contributed by atoms with Crippen molar-refractivity contribution < 1.29 is 4.84 Å². The van der Waals surface area contributed by atoms with Gasteiger partial charge in [-0.3, -0.25) is 4.84 Å². The molecule has 0 saturated heterocycles. The van der Waals surface area contributed by atoms with E-state index in [1.165, 1.54) is 57.8 Å². The normalized spacial score (nSPS) is 13.0. The van der Waals surface area contributed by atoms with Gasteiger partial charge in [0.05, 0.1) is 0 Å². The van der Waals surface area contributed by atoms with Gasteiger partial charge in [0.15, 0.2) is 0 Å². The Labute approximate surface area is 100 Å². The molecule has 1 unspecified atom stereocenters. The first-order chi connectivity index (χ1) is 7.31. The molecule has 0 radical (unpaired) electrons. The second-order valence-electron chi connectivity index (χ2n) is 4.21. The molecule has 3 heteroatoms. The van der Waals surface area contributed by atoms with Gasteiger partial charge in [-0.2, -0.15) is 0 Å². The molecule has 0 aromatic carbocycles. The van der Waals surface area contributed by atoms with Crippen molar-refractivity contribution in [1.29, 1.82) is 0 Å². The second kappa shape index (κ2) is 12.3. The van der Waals surface area contributed by atoms with Crippen LogP contribution in [0.1, 0.15) is 71.1 Å². The summed E-state index contributed by atoms with van der Waals surface area (Å²) in [4.78, 5) is 4.59. The first-order valence-electron chi connectivity index (χ1n) is 6.34. The van der Waals surface area contributed by atoms with E-state index >= 15 is 0 Å². The molecule has 2 nitrogen and oxygen atoms in total. The molecule has 92 valence electrons. The highest BCUT2D eigenvalue weighted by molar-refractivity contribution is 7.80. The average molecular weight is 233 g/mol. The molecule has 0 aromatic rings. The fourth-order valence-corrected chi connectivity index (χ4v) is 1.88. The van der Waals surface area contributed by atoms with Crippen molar-refractivity contribution in [2.45, 2.75) is 76.6 Å². The highest BCUT2D eigenvalue weighted by Gasteiger charge is 1.99. The van der Waals surface area contributed by atoms with Crippen LogP contribution in [0.15, 0.2) is 0 Å². The van der Waals surface area contributed by atoms with Crippen molar-refractivity contribution in [2.24, 2.45) is 5.90 Å². The van der Waals surface area contributed by atoms with Crippen LogP contribution < -0.4 is 5.90 Å². The molecule has 0 aliphatic carbocycles. The highest BCUT2D eigenvalue weighted by Crippen LogP contribution is 2.12. The van der Waals surface area contributed by atoms with Gasteiger partial charge in [0.1, 0.15) is 5.44 Å². The molecule has 2 N–H and O–H groups in total. The molecule has 0 rings (SSSR count). The predicted octanol–water partition coefficient (Wildman–Crippen LogP) is 4.05. The number of rotatable bonds is 11. The molecule has 1 atom stereocenters. The quantitative estimate of drug-likeness (QED) is 0.244. The Hall–Kier alpha value is 0.270. The van der Waals surface area contributed by atoms with Gasteiger partial charge >= 0.3 is 0 Å². The summed E-state index contributed by atoms with van der Waals surface area (Å²) in [5, 5.41) is 0. The van der Waals surface area contributed by atoms with Crippen molar-refractivity contribution in [3.8, 4) is 0 Å². The maximum absolute atomic E-state index is 5.00. The van der Waals surface area contributed by atoms with Crippen LogP contribution in [-0.2, 0) is 4.84 Å². The molecule has 0 aliphatic rings. The minimum absolute atomic E-state index is 0.0745. The third-order valence-electron chi connectivity index (χ3n) is 2.71. The van der Waals surface area contributed by atoms with E-state index in [2.05, 4.69) is 24.4 Å². The van der Waals surface area contributed by atoms with Gasteiger partial charge in [0.2, 0.25) is 0 Å². The second-order valence-corrected chi connectivity index (χ2v) is 4.78. The SMILES string of the molecule is CCCCCCCCCCCC(S)ON. The van der Waals surface area contributed by atoms with Crippen LogP contribution in [0.3, 0.4) is 0 Å². The number of unbranched alkanes of at least 4 members (excludes halogenated alkanes) is 8. The Kier molecular flexibility index (Phi) is 12.6. The van der Waals surface area contributed by atoms with E-state index in [0.29, 0.717) is 0 Å². The van der Waals surface area contributed by atoms with E-state index in [1.54, 1.807) is 0 Å². The first-order valence-corrected chi connectivity index (χ1v) is 6.86. The van der Waals surface area contributed by atoms with Crippen LogP contribution in [0.25, 0.3) is 0 Å². The molecule has 0 amide bonds. The van der Waals surface area contributed by atoms with Gasteiger partial charge in [-0.05, 0) is 12.8 Å². The zero-order valence-corrected chi connectivity index (χ0v) is 11.0. The van der Waals surface area contributed by atoms with Gasteiger partial charge < -0.3 is 0 Å². The Morgan fingerprint density at radius 3 is 1.87 bits per heavy atom. The molecular weight excluding hydrogens is 206 g/mol. The standard InChI is InChI=1S/C12H27NOS/c1-2-3-4-5-6-7-8-9-10-11-12(15)14-13/h12,15H,2-11,13H2,1H3. The summed E-state index contributed by atoms with van der Waals surface area (Å²) in [6, 6.07) is 0. The summed E-state index contributed by atoms with van der Waals surface area (Å²) < 4.78 is 0. The van der Waals surface area contributed by atoms with Gasteiger partial charge in [-0.25, -0.2) is 5.90 Å².